The van der Waals surface area contributed by atoms with Gasteiger partial charge in [0.1, 0.15) is 0 Å². The minimum atomic E-state index is 0.290. The molecule has 0 radical (unpaired) electrons. The van der Waals surface area contributed by atoms with E-state index in [0.717, 1.165) is 37.2 Å². The van der Waals surface area contributed by atoms with Crippen molar-refractivity contribution in [3.05, 3.63) is 0 Å². The van der Waals surface area contributed by atoms with Gasteiger partial charge in [-0.25, -0.2) is 0 Å². The van der Waals surface area contributed by atoms with Gasteiger partial charge in [-0.15, -0.1) is 0 Å². The summed E-state index contributed by atoms with van der Waals surface area (Å²) in [6.45, 7) is 8.06. The summed E-state index contributed by atoms with van der Waals surface area (Å²) in [4.78, 5) is 0. The van der Waals surface area contributed by atoms with Crippen LogP contribution >= 0.6 is 0 Å². The number of unbranched alkanes of at least 4 members (excludes halogenated alkanes) is 1. The van der Waals surface area contributed by atoms with Crippen molar-refractivity contribution < 1.29 is 9.84 Å². The smallest absolute Gasteiger partial charge is 0.0608 e. The van der Waals surface area contributed by atoms with Gasteiger partial charge in [0.15, 0.2) is 0 Å². The van der Waals surface area contributed by atoms with E-state index < -0.39 is 0 Å². The Balaban J connectivity index is 2.33. The van der Waals surface area contributed by atoms with Crippen LogP contribution in [0.2, 0.25) is 0 Å². The van der Waals surface area contributed by atoms with E-state index in [4.69, 9.17) is 9.84 Å². The van der Waals surface area contributed by atoms with Gasteiger partial charge in [-0.2, -0.15) is 0 Å². The van der Waals surface area contributed by atoms with E-state index in [1.54, 1.807) is 0 Å². The number of ether oxygens (including phenoxy) is 1. The molecule has 16 heavy (non-hydrogen) atoms. The fourth-order valence-corrected chi connectivity index (χ4v) is 2.75. The summed E-state index contributed by atoms with van der Waals surface area (Å²) in [5.41, 5.74) is 0. The third-order valence-corrected chi connectivity index (χ3v) is 3.85. The predicted octanol–water partition coefficient (Wildman–Crippen LogP) is 3.24. The number of rotatable bonds is 6. The van der Waals surface area contributed by atoms with E-state index in [9.17, 15) is 0 Å². The Hall–Kier alpha value is -0.0800. The SMILES string of the molecule is CC(C)C1CC[C@@H](C)CC1OCCCCO. The standard InChI is InChI=1S/C14H28O2/c1-11(2)13-7-6-12(3)10-14(13)16-9-5-4-8-15/h11-15H,4-10H2,1-3H3/t12-,13?,14?/m1/s1. The molecule has 2 nitrogen and oxygen atoms in total. The highest BCUT2D eigenvalue weighted by Crippen LogP contribution is 2.35. The molecule has 1 aliphatic carbocycles. The molecule has 1 fully saturated rings. The molecule has 1 aliphatic rings. The summed E-state index contributed by atoms with van der Waals surface area (Å²) in [5, 5.41) is 8.73. The Morgan fingerprint density at radius 2 is 2.00 bits per heavy atom. The van der Waals surface area contributed by atoms with Crippen molar-refractivity contribution in [1.29, 1.82) is 0 Å². The Morgan fingerprint density at radius 1 is 1.25 bits per heavy atom. The lowest BCUT2D eigenvalue weighted by atomic mass is 9.75. The first-order chi connectivity index (χ1) is 7.65. The molecule has 1 N–H and O–H groups in total. The maximum absolute atomic E-state index is 8.73. The molecule has 0 aromatic heterocycles. The van der Waals surface area contributed by atoms with Crippen LogP contribution in [0.4, 0.5) is 0 Å². The monoisotopic (exact) mass is 228 g/mol. The Bertz CT molecular complexity index is 180. The first kappa shape index (κ1) is 14.0. The quantitative estimate of drug-likeness (QED) is 0.707. The van der Waals surface area contributed by atoms with Crippen LogP contribution < -0.4 is 0 Å². The highest BCUT2D eigenvalue weighted by molar-refractivity contribution is 4.81. The van der Waals surface area contributed by atoms with E-state index in [0.29, 0.717) is 6.10 Å². The highest BCUT2D eigenvalue weighted by Gasteiger charge is 2.30. The average molecular weight is 228 g/mol. The van der Waals surface area contributed by atoms with Crippen LogP contribution in [0.25, 0.3) is 0 Å². The normalized spacial score (nSPS) is 30.9. The first-order valence-corrected chi connectivity index (χ1v) is 6.87. The number of aliphatic hydroxyl groups is 1. The number of hydrogen-bond acceptors (Lipinski definition) is 2. The molecule has 0 saturated heterocycles. The van der Waals surface area contributed by atoms with Gasteiger partial charge in [0.2, 0.25) is 0 Å². The third-order valence-electron chi connectivity index (χ3n) is 3.85. The Labute approximate surface area is 100 Å². The molecule has 0 spiro atoms. The molecule has 0 aromatic carbocycles. The van der Waals surface area contributed by atoms with Gasteiger partial charge in [0.05, 0.1) is 6.10 Å². The van der Waals surface area contributed by atoms with Gasteiger partial charge in [0.25, 0.3) is 0 Å². The minimum Gasteiger partial charge on any atom is -0.396 e. The lowest BCUT2D eigenvalue weighted by molar-refractivity contribution is -0.0400. The first-order valence-electron chi connectivity index (χ1n) is 6.87. The molecule has 0 amide bonds. The molecule has 1 saturated carbocycles. The summed E-state index contributed by atoms with van der Waals surface area (Å²) in [6, 6.07) is 0. The summed E-state index contributed by atoms with van der Waals surface area (Å²) in [5.74, 6) is 2.29. The van der Waals surface area contributed by atoms with E-state index >= 15 is 0 Å². The van der Waals surface area contributed by atoms with Gasteiger partial charge < -0.3 is 9.84 Å². The largest absolute Gasteiger partial charge is 0.396 e. The second-order valence-electron chi connectivity index (χ2n) is 5.67. The number of aliphatic hydroxyl groups excluding tert-OH is 1. The maximum Gasteiger partial charge on any atom is 0.0608 e. The van der Waals surface area contributed by atoms with Crippen molar-refractivity contribution in [3.8, 4) is 0 Å². The average Bonchev–Trinajstić information content (AvgIpc) is 2.24. The van der Waals surface area contributed by atoms with Crippen molar-refractivity contribution in [2.24, 2.45) is 17.8 Å². The van der Waals surface area contributed by atoms with Gasteiger partial charge in [0, 0.05) is 13.2 Å². The zero-order valence-corrected chi connectivity index (χ0v) is 11.1. The van der Waals surface area contributed by atoms with Gasteiger partial charge in [-0.05, 0) is 43.4 Å². The van der Waals surface area contributed by atoms with Gasteiger partial charge >= 0.3 is 0 Å². The lowest BCUT2D eigenvalue weighted by Crippen LogP contribution is -2.34. The van der Waals surface area contributed by atoms with Crippen LogP contribution in [-0.2, 0) is 4.74 Å². The molecule has 0 aliphatic heterocycles. The fourth-order valence-electron chi connectivity index (χ4n) is 2.75. The molecule has 0 aromatic rings. The van der Waals surface area contributed by atoms with Crippen molar-refractivity contribution in [3.63, 3.8) is 0 Å². The molecule has 1 rings (SSSR count). The minimum absolute atomic E-state index is 0.290. The molecule has 0 heterocycles. The summed E-state index contributed by atoms with van der Waals surface area (Å²) in [7, 11) is 0. The van der Waals surface area contributed by atoms with Crippen molar-refractivity contribution >= 4 is 0 Å². The van der Waals surface area contributed by atoms with E-state index in [1.165, 1.54) is 19.3 Å². The molecule has 96 valence electrons. The summed E-state index contributed by atoms with van der Waals surface area (Å²) < 4.78 is 6.02. The van der Waals surface area contributed by atoms with Crippen LogP contribution in [0, 0.1) is 17.8 Å². The van der Waals surface area contributed by atoms with Crippen molar-refractivity contribution in [2.45, 2.75) is 59.0 Å². The molecule has 2 unspecified atom stereocenters. The van der Waals surface area contributed by atoms with Crippen LogP contribution in [0.15, 0.2) is 0 Å². The van der Waals surface area contributed by atoms with Crippen LogP contribution in [0.1, 0.15) is 52.9 Å². The summed E-state index contributed by atoms with van der Waals surface area (Å²) >= 11 is 0. The molecular weight excluding hydrogens is 200 g/mol. The lowest BCUT2D eigenvalue weighted by Gasteiger charge is -2.37. The Morgan fingerprint density at radius 3 is 2.62 bits per heavy atom. The molecule has 2 heteroatoms. The molecular formula is C14H28O2. The van der Waals surface area contributed by atoms with Crippen molar-refractivity contribution in [2.75, 3.05) is 13.2 Å². The summed E-state index contributed by atoms with van der Waals surface area (Å²) in [6.07, 6.45) is 6.23. The van der Waals surface area contributed by atoms with Gasteiger partial charge in [-0.3, -0.25) is 0 Å². The van der Waals surface area contributed by atoms with Gasteiger partial charge in [-0.1, -0.05) is 27.2 Å². The van der Waals surface area contributed by atoms with Crippen LogP contribution in [0.3, 0.4) is 0 Å². The van der Waals surface area contributed by atoms with Crippen molar-refractivity contribution in [1.82, 2.24) is 0 Å². The Kier molecular flexibility index (Phi) is 6.37. The highest BCUT2D eigenvalue weighted by atomic mass is 16.5. The van der Waals surface area contributed by atoms with E-state index in [2.05, 4.69) is 20.8 Å². The fraction of sp³-hybridized carbons (Fsp3) is 1.00. The van der Waals surface area contributed by atoms with E-state index in [1.807, 2.05) is 0 Å². The van der Waals surface area contributed by atoms with E-state index in [-0.39, 0.29) is 6.61 Å². The molecule has 0 bridgehead atoms. The second-order valence-corrected chi connectivity index (χ2v) is 5.67. The van der Waals surface area contributed by atoms with Crippen LogP contribution in [-0.4, -0.2) is 24.4 Å². The third kappa shape index (κ3) is 4.42. The number of hydrogen-bond donors (Lipinski definition) is 1. The van der Waals surface area contributed by atoms with Crippen LogP contribution in [0.5, 0.6) is 0 Å². The predicted molar refractivity (Wildman–Crippen MR) is 67.4 cm³/mol. The zero-order chi connectivity index (χ0) is 12.0. The maximum atomic E-state index is 8.73. The zero-order valence-electron chi connectivity index (χ0n) is 11.1. The second kappa shape index (κ2) is 7.29. The topological polar surface area (TPSA) is 29.5 Å². The molecule has 3 atom stereocenters.